The zero-order chi connectivity index (χ0) is 14.5. The first-order chi connectivity index (χ1) is 9.60. The van der Waals surface area contributed by atoms with E-state index in [0.717, 1.165) is 40.8 Å². The van der Waals surface area contributed by atoms with Gasteiger partial charge >= 0.3 is 0 Å². The highest BCUT2D eigenvalue weighted by atomic mass is 32.2. The average molecular weight is 298 g/mol. The van der Waals surface area contributed by atoms with E-state index in [1.54, 1.807) is 0 Å². The lowest BCUT2D eigenvalue weighted by molar-refractivity contribution is 0.246. The van der Waals surface area contributed by atoms with Crippen molar-refractivity contribution in [1.29, 1.82) is 0 Å². The summed E-state index contributed by atoms with van der Waals surface area (Å²) in [6.45, 7) is 10.7. The lowest BCUT2D eigenvalue weighted by atomic mass is 9.79. The van der Waals surface area contributed by atoms with Crippen LogP contribution in [0.15, 0.2) is 0 Å². The second kappa shape index (κ2) is 8.08. The van der Waals surface area contributed by atoms with Crippen LogP contribution in [-0.4, -0.2) is 23.1 Å². The Bertz CT molecular complexity index is 279. The van der Waals surface area contributed by atoms with Crippen LogP contribution in [0, 0.1) is 17.8 Å². The summed E-state index contributed by atoms with van der Waals surface area (Å²) in [5.74, 6) is 2.79. The van der Waals surface area contributed by atoms with Gasteiger partial charge in [0.15, 0.2) is 0 Å². The third-order valence-corrected chi connectivity index (χ3v) is 7.18. The van der Waals surface area contributed by atoms with Crippen LogP contribution < -0.4 is 5.32 Å². The minimum Gasteiger partial charge on any atom is -0.313 e. The molecule has 0 aliphatic heterocycles. The molecular weight excluding hydrogens is 262 g/mol. The SMILES string of the molecule is CCNC1CCC(C(C)C)CC1SC1CCCC(C)C1. The van der Waals surface area contributed by atoms with Gasteiger partial charge in [0.05, 0.1) is 0 Å². The Morgan fingerprint density at radius 1 is 1.10 bits per heavy atom. The van der Waals surface area contributed by atoms with Gasteiger partial charge in [0, 0.05) is 16.5 Å². The van der Waals surface area contributed by atoms with Crippen LogP contribution in [0.2, 0.25) is 0 Å². The molecule has 0 aromatic heterocycles. The number of hydrogen-bond donors (Lipinski definition) is 1. The van der Waals surface area contributed by atoms with Crippen LogP contribution in [0.5, 0.6) is 0 Å². The Kier molecular flexibility index (Phi) is 6.74. The summed E-state index contributed by atoms with van der Waals surface area (Å²) >= 11 is 2.35. The predicted octanol–water partition coefficient (Wildman–Crippen LogP) is 5.10. The Morgan fingerprint density at radius 2 is 1.90 bits per heavy atom. The second-order valence-electron chi connectivity index (χ2n) is 7.55. The molecule has 2 rings (SSSR count). The van der Waals surface area contributed by atoms with Crippen molar-refractivity contribution < 1.29 is 0 Å². The van der Waals surface area contributed by atoms with Crippen molar-refractivity contribution in [1.82, 2.24) is 5.32 Å². The molecule has 0 amide bonds. The molecule has 0 aromatic rings. The van der Waals surface area contributed by atoms with Crippen molar-refractivity contribution in [2.45, 2.75) is 89.2 Å². The van der Waals surface area contributed by atoms with Gasteiger partial charge in [0.25, 0.3) is 0 Å². The molecule has 0 aromatic carbocycles. The van der Waals surface area contributed by atoms with Crippen molar-refractivity contribution in [3.8, 4) is 0 Å². The van der Waals surface area contributed by atoms with E-state index in [0.29, 0.717) is 0 Å². The summed E-state index contributed by atoms with van der Waals surface area (Å²) < 4.78 is 0. The van der Waals surface area contributed by atoms with E-state index < -0.39 is 0 Å². The Hall–Kier alpha value is 0.310. The zero-order valence-electron chi connectivity index (χ0n) is 14.0. The highest BCUT2D eigenvalue weighted by molar-refractivity contribution is 8.00. The number of hydrogen-bond acceptors (Lipinski definition) is 2. The average Bonchev–Trinajstić information content (AvgIpc) is 2.41. The van der Waals surface area contributed by atoms with Crippen molar-refractivity contribution in [3.63, 3.8) is 0 Å². The van der Waals surface area contributed by atoms with Crippen molar-refractivity contribution >= 4 is 11.8 Å². The molecule has 20 heavy (non-hydrogen) atoms. The maximum absolute atomic E-state index is 3.77. The summed E-state index contributed by atoms with van der Waals surface area (Å²) in [6, 6.07) is 0.775. The molecule has 2 heteroatoms. The van der Waals surface area contributed by atoms with Crippen LogP contribution in [0.1, 0.15) is 72.6 Å². The van der Waals surface area contributed by atoms with E-state index in [9.17, 15) is 0 Å². The molecule has 2 aliphatic rings. The summed E-state index contributed by atoms with van der Waals surface area (Å²) in [5.41, 5.74) is 0. The van der Waals surface area contributed by atoms with Crippen molar-refractivity contribution in [3.05, 3.63) is 0 Å². The van der Waals surface area contributed by atoms with Crippen LogP contribution in [0.25, 0.3) is 0 Å². The first-order valence-corrected chi connectivity index (χ1v) is 9.93. The van der Waals surface area contributed by atoms with E-state index in [1.165, 1.54) is 44.9 Å². The third-order valence-electron chi connectivity index (χ3n) is 5.50. The molecule has 0 saturated heterocycles. The summed E-state index contributed by atoms with van der Waals surface area (Å²) in [4.78, 5) is 0. The van der Waals surface area contributed by atoms with Crippen LogP contribution in [0.3, 0.4) is 0 Å². The number of rotatable bonds is 5. The molecule has 5 unspecified atom stereocenters. The normalized spacial score (nSPS) is 39.1. The van der Waals surface area contributed by atoms with E-state index in [-0.39, 0.29) is 0 Å². The molecule has 2 saturated carbocycles. The molecule has 2 fully saturated rings. The monoisotopic (exact) mass is 297 g/mol. The van der Waals surface area contributed by atoms with Gasteiger partial charge in [-0.3, -0.25) is 0 Å². The quantitative estimate of drug-likeness (QED) is 0.757. The van der Waals surface area contributed by atoms with E-state index >= 15 is 0 Å². The number of thioether (sulfide) groups is 1. The van der Waals surface area contributed by atoms with Gasteiger partial charge < -0.3 is 5.32 Å². The largest absolute Gasteiger partial charge is 0.313 e. The molecule has 5 atom stereocenters. The molecule has 2 aliphatic carbocycles. The summed E-state index contributed by atoms with van der Waals surface area (Å²) in [6.07, 6.45) is 10.1. The Labute approximate surface area is 131 Å². The Morgan fingerprint density at radius 3 is 2.55 bits per heavy atom. The highest BCUT2D eigenvalue weighted by Gasteiger charge is 2.34. The second-order valence-corrected chi connectivity index (χ2v) is 9.09. The highest BCUT2D eigenvalue weighted by Crippen LogP contribution is 2.41. The molecule has 1 nitrogen and oxygen atoms in total. The van der Waals surface area contributed by atoms with Gasteiger partial charge in [-0.05, 0) is 56.4 Å². The molecule has 0 bridgehead atoms. The Balaban J connectivity index is 1.92. The number of nitrogens with one attached hydrogen (secondary N) is 1. The lowest BCUT2D eigenvalue weighted by Crippen LogP contribution is -2.44. The standard InChI is InChI=1S/C18H35NS/c1-5-19-17-10-9-15(13(2)3)12-18(17)20-16-8-6-7-14(4)11-16/h13-19H,5-12H2,1-4H3. The smallest absolute Gasteiger partial charge is 0.0206 e. The zero-order valence-corrected chi connectivity index (χ0v) is 14.8. The van der Waals surface area contributed by atoms with Crippen molar-refractivity contribution in [2.75, 3.05) is 6.54 Å². The van der Waals surface area contributed by atoms with Gasteiger partial charge in [-0.1, -0.05) is 40.5 Å². The van der Waals surface area contributed by atoms with Crippen molar-refractivity contribution in [2.24, 2.45) is 17.8 Å². The minimum atomic E-state index is 0.775. The fraction of sp³-hybridized carbons (Fsp3) is 1.00. The van der Waals surface area contributed by atoms with Crippen LogP contribution >= 0.6 is 11.8 Å². The van der Waals surface area contributed by atoms with Gasteiger partial charge in [-0.2, -0.15) is 11.8 Å². The first kappa shape index (κ1) is 16.7. The van der Waals surface area contributed by atoms with E-state index in [4.69, 9.17) is 0 Å². The maximum Gasteiger partial charge on any atom is 0.0206 e. The molecule has 0 heterocycles. The van der Waals surface area contributed by atoms with Gasteiger partial charge in [0.2, 0.25) is 0 Å². The van der Waals surface area contributed by atoms with Gasteiger partial charge in [0.1, 0.15) is 0 Å². The summed E-state index contributed by atoms with van der Waals surface area (Å²) in [7, 11) is 0. The lowest BCUT2D eigenvalue weighted by Gasteiger charge is -2.40. The van der Waals surface area contributed by atoms with Crippen LogP contribution in [-0.2, 0) is 0 Å². The van der Waals surface area contributed by atoms with Gasteiger partial charge in [-0.25, -0.2) is 0 Å². The van der Waals surface area contributed by atoms with Gasteiger partial charge in [-0.15, -0.1) is 0 Å². The predicted molar refractivity (Wildman–Crippen MR) is 92.4 cm³/mol. The minimum absolute atomic E-state index is 0.775. The molecule has 118 valence electrons. The van der Waals surface area contributed by atoms with E-state index in [1.807, 2.05) is 0 Å². The molecule has 0 radical (unpaired) electrons. The fourth-order valence-corrected chi connectivity index (χ4v) is 6.18. The fourth-order valence-electron chi connectivity index (χ4n) is 4.16. The topological polar surface area (TPSA) is 12.0 Å². The first-order valence-electron chi connectivity index (χ1n) is 8.99. The molecule has 1 N–H and O–H groups in total. The maximum atomic E-state index is 3.77. The summed E-state index contributed by atoms with van der Waals surface area (Å²) in [5, 5.41) is 5.58. The third kappa shape index (κ3) is 4.66. The van der Waals surface area contributed by atoms with Crippen LogP contribution in [0.4, 0.5) is 0 Å². The van der Waals surface area contributed by atoms with E-state index in [2.05, 4.69) is 44.8 Å². The molecule has 0 spiro atoms. The molecular formula is C18H35NS.